The van der Waals surface area contributed by atoms with Crippen molar-refractivity contribution in [1.29, 1.82) is 0 Å². The molecule has 0 spiro atoms. The Hall–Kier alpha value is -1.79. The van der Waals surface area contributed by atoms with Gasteiger partial charge in [-0.1, -0.05) is 24.8 Å². The second kappa shape index (κ2) is 7.45. The molecule has 3 aliphatic heterocycles. The van der Waals surface area contributed by atoms with E-state index in [-0.39, 0.29) is 30.5 Å². The van der Waals surface area contributed by atoms with Gasteiger partial charge in [0, 0.05) is 41.8 Å². The maximum atomic E-state index is 13.1. The lowest BCUT2D eigenvalue weighted by Crippen LogP contribution is -2.48. The number of benzene rings is 1. The molecule has 0 N–H and O–H groups in total. The molecule has 0 aliphatic carbocycles. The van der Waals surface area contributed by atoms with Crippen LogP contribution in [0.1, 0.15) is 35.2 Å². The highest BCUT2D eigenvalue weighted by Gasteiger charge is 2.36. The Bertz CT molecular complexity index is 689. The van der Waals surface area contributed by atoms with Crippen LogP contribution < -0.4 is 0 Å². The molecular formula is C20H24N2O3S. The molecule has 1 aromatic carbocycles. The maximum Gasteiger partial charge on any atom is 0.259 e. The van der Waals surface area contributed by atoms with E-state index in [4.69, 9.17) is 4.74 Å². The molecule has 3 heterocycles. The Kier molecular flexibility index (Phi) is 5.05. The molecule has 26 heavy (non-hydrogen) atoms. The number of thioether (sulfide) groups is 1. The number of carbonyl (C=O) groups is 2. The Morgan fingerprint density at radius 2 is 2.12 bits per heavy atom. The number of amides is 2. The van der Waals surface area contributed by atoms with Crippen molar-refractivity contribution >= 4 is 29.3 Å². The SMILES string of the molecule is C=C1c2ccccc2C(=O)N1CC(=O)N(C[C@H]1CCCO1)[C@H]1CCSC1. The van der Waals surface area contributed by atoms with Crippen molar-refractivity contribution in [2.75, 3.05) is 31.2 Å². The van der Waals surface area contributed by atoms with E-state index in [1.807, 2.05) is 34.9 Å². The van der Waals surface area contributed by atoms with Crippen LogP contribution in [0.5, 0.6) is 0 Å². The third-order valence-electron chi connectivity index (χ3n) is 5.42. The number of ether oxygens (including phenoxy) is 1. The largest absolute Gasteiger partial charge is 0.376 e. The van der Waals surface area contributed by atoms with Crippen molar-refractivity contribution in [3.05, 3.63) is 42.0 Å². The number of hydrogen-bond acceptors (Lipinski definition) is 4. The van der Waals surface area contributed by atoms with Gasteiger partial charge in [-0.3, -0.25) is 14.5 Å². The normalized spacial score (nSPS) is 25.0. The van der Waals surface area contributed by atoms with Crippen molar-refractivity contribution in [1.82, 2.24) is 9.80 Å². The van der Waals surface area contributed by atoms with E-state index < -0.39 is 0 Å². The Morgan fingerprint density at radius 1 is 1.31 bits per heavy atom. The van der Waals surface area contributed by atoms with Gasteiger partial charge in [-0.05, 0) is 31.1 Å². The van der Waals surface area contributed by atoms with Crippen molar-refractivity contribution in [3.8, 4) is 0 Å². The average molecular weight is 372 g/mol. The number of hydrogen-bond donors (Lipinski definition) is 0. The van der Waals surface area contributed by atoms with Crippen LogP contribution in [0.4, 0.5) is 0 Å². The van der Waals surface area contributed by atoms with Crippen molar-refractivity contribution in [3.63, 3.8) is 0 Å². The summed E-state index contributed by atoms with van der Waals surface area (Å²) in [7, 11) is 0. The summed E-state index contributed by atoms with van der Waals surface area (Å²) in [5.74, 6) is 1.92. The summed E-state index contributed by atoms with van der Waals surface area (Å²) in [4.78, 5) is 29.3. The second-order valence-corrected chi connectivity index (χ2v) is 8.23. The first-order valence-electron chi connectivity index (χ1n) is 9.24. The molecule has 138 valence electrons. The van der Waals surface area contributed by atoms with Gasteiger partial charge in [-0.2, -0.15) is 11.8 Å². The summed E-state index contributed by atoms with van der Waals surface area (Å²) in [5.41, 5.74) is 2.08. The zero-order valence-corrected chi connectivity index (χ0v) is 15.7. The van der Waals surface area contributed by atoms with E-state index in [1.54, 1.807) is 6.07 Å². The van der Waals surface area contributed by atoms with Gasteiger partial charge in [0.2, 0.25) is 5.91 Å². The highest BCUT2D eigenvalue weighted by molar-refractivity contribution is 7.99. The molecular weight excluding hydrogens is 348 g/mol. The zero-order valence-electron chi connectivity index (χ0n) is 14.9. The molecule has 0 bridgehead atoms. The Morgan fingerprint density at radius 3 is 2.77 bits per heavy atom. The van der Waals surface area contributed by atoms with Crippen LogP contribution in [0, 0.1) is 0 Å². The van der Waals surface area contributed by atoms with Gasteiger partial charge < -0.3 is 9.64 Å². The minimum Gasteiger partial charge on any atom is -0.376 e. The van der Waals surface area contributed by atoms with E-state index >= 15 is 0 Å². The fraction of sp³-hybridized carbons (Fsp3) is 0.500. The zero-order chi connectivity index (χ0) is 18.1. The minimum absolute atomic E-state index is 0.00435. The van der Waals surface area contributed by atoms with E-state index in [1.165, 1.54) is 4.90 Å². The molecule has 0 saturated carbocycles. The van der Waals surface area contributed by atoms with E-state index in [0.717, 1.165) is 42.9 Å². The Balaban J connectivity index is 1.49. The lowest BCUT2D eigenvalue weighted by atomic mass is 10.1. The minimum atomic E-state index is -0.128. The summed E-state index contributed by atoms with van der Waals surface area (Å²) < 4.78 is 5.76. The maximum absolute atomic E-state index is 13.1. The van der Waals surface area contributed by atoms with Gasteiger partial charge in [-0.25, -0.2) is 0 Å². The summed E-state index contributed by atoms with van der Waals surface area (Å²) in [6, 6.07) is 7.66. The van der Waals surface area contributed by atoms with Gasteiger partial charge in [0.15, 0.2) is 0 Å². The molecule has 2 amide bonds. The van der Waals surface area contributed by atoms with E-state index in [0.29, 0.717) is 17.8 Å². The van der Waals surface area contributed by atoms with Crippen molar-refractivity contribution in [2.24, 2.45) is 0 Å². The molecule has 4 rings (SSSR count). The van der Waals surface area contributed by atoms with Crippen LogP contribution in [0.3, 0.4) is 0 Å². The van der Waals surface area contributed by atoms with Gasteiger partial charge in [-0.15, -0.1) is 0 Å². The van der Waals surface area contributed by atoms with Crippen molar-refractivity contribution < 1.29 is 14.3 Å². The highest BCUT2D eigenvalue weighted by atomic mass is 32.2. The predicted octanol–water partition coefficient (Wildman–Crippen LogP) is 2.63. The molecule has 0 unspecified atom stereocenters. The first kappa shape index (κ1) is 17.6. The standard InChI is InChI=1S/C20H24N2O3S/c1-14-17-6-2-3-7-18(17)20(24)21(14)12-19(23)22(15-8-10-26-13-15)11-16-5-4-9-25-16/h2-3,6-7,15-16H,1,4-5,8-13H2/t15-,16+/m0/s1. The van der Waals surface area contributed by atoms with Crippen LogP contribution in [-0.4, -0.2) is 65.0 Å². The molecule has 6 heteroatoms. The topological polar surface area (TPSA) is 49.9 Å². The van der Waals surface area contributed by atoms with Crippen molar-refractivity contribution in [2.45, 2.75) is 31.4 Å². The molecule has 2 atom stereocenters. The molecule has 2 fully saturated rings. The molecule has 1 aromatic rings. The number of nitrogens with zero attached hydrogens (tertiary/aromatic N) is 2. The quantitative estimate of drug-likeness (QED) is 0.797. The summed E-state index contributed by atoms with van der Waals surface area (Å²) in [6.45, 7) is 5.51. The van der Waals surface area contributed by atoms with Crippen LogP contribution in [0.25, 0.3) is 5.70 Å². The smallest absolute Gasteiger partial charge is 0.259 e. The van der Waals surface area contributed by atoms with E-state index in [9.17, 15) is 9.59 Å². The number of fused-ring (bicyclic) bond motifs is 1. The molecule has 3 aliphatic rings. The summed E-state index contributed by atoms with van der Waals surface area (Å²) in [5, 5.41) is 0. The fourth-order valence-electron chi connectivity index (χ4n) is 3.96. The van der Waals surface area contributed by atoms with Crippen LogP contribution in [-0.2, 0) is 9.53 Å². The fourth-order valence-corrected chi connectivity index (χ4v) is 5.18. The van der Waals surface area contributed by atoms with Gasteiger partial charge in [0.1, 0.15) is 6.54 Å². The summed E-state index contributed by atoms with van der Waals surface area (Å²) in [6.07, 6.45) is 3.20. The third kappa shape index (κ3) is 3.28. The van der Waals surface area contributed by atoms with Crippen LogP contribution in [0.2, 0.25) is 0 Å². The van der Waals surface area contributed by atoms with Gasteiger partial charge in [0.05, 0.1) is 6.10 Å². The molecule has 2 saturated heterocycles. The number of rotatable bonds is 5. The van der Waals surface area contributed by atoms with Gasteiger partial charge >= 0.3 is 0 Å². The lowest BCUT2D eigenvalue weighted by Gasteiger charge is -2.32. The summed E-state index contributed by atoms with van der Waals surface area (Å²) >= 11 is 1.89. The van der Waals surface area contributed by atoms with Gasteiger partial charge in [0.25, 0.3) is 5.91 Å². The lowest BCUT2D eigenvalue weighted by molar-refractivity contribution is -0.134. The molecule has 0 aromatic heterocycles. The predicted molar refractivity (Wildman–Crippen MR) is 103 cm³/mol. The third-order valence-corrected chi connectivity index (χ3v) is 6.57. The van der Waals surface area contributed by atoms with Crippen LogP contribution >= 0.6 is 11.8 Å². The number of carbonyl (C=O) groups excluding carboxylic acids is 2. The second-order valence-electron chi connectivity index (χ2n) is 7.08. The monoisotopic (exact) mass is 372 g/mol. The highest BCUT2D eigenvalue weighted by Crippen LogP contribution is 2.31. The van der Waals surface area contributed by atoms with Crippen LogP contribution in [0.15, 0.2) is 30.8 Å². The molecule has 0 radical (unpaired) electrons. The molecule has 5 nitrogen and oxygen atoms in total. The first-order valence-corrected chi connectivity index (χ1v) is 10.4. The average Bonchev–Trinajstić information content (AvgIpc) is 3.39. The van der Waals surface area contributed by atoms with E-state index in [2.05, 4.69) is 6.58 Å². The first-order chi connectivity index (χ1) is 12.6. The Labute approximate surface area is 158 Å².